The van der Waals surface area contributed by atoms with E-state index >= 15 is 0 Å². The SMILES string of the molecule is Cc1ccc(C=CCC(N)=O)c(Cl)c1. The van der Waals surface area contributed by atoms with E-state index in [1.54, 1.807) is 12.2 Å². The molecule has 0 atom stereocenters. The van der Waals surface area contributed by atoms with Crippen molar-refractivity contribution in [3.8, 4) is 0 Å². The van der Waals surface area contributed by atoms with Crippen molar-refractivity contribution in [1.29, 1.82) is 0 Å². The Morgan fingerprint density at radius 1 is 1.57 bits per heavy atom. The van der Waals surface area contributed by atoms with E-state index in [0.717, 1.165) is 11.1 Å². The Morgan fingerprint density at radius 3 is 2.86 bits per heavy atom. The first-order chi connectivity index (χ1) is 6.59. The smallest absolute Gasteiger partial charge is 0.221 e. The molecule has 0 saturated heterocycles. The molecule has 2 nitrogen and oxygen atoms in total. The first-order valence-electron chi connectivity index (χ1n) is 4.30. The van der Waals surface area contributed by atoms with E-state index < -0.39 is 0 Å². The maximum atomic E-state index is 10.5. The number of halogens is 1. The number of primary amides is 1. The molecule has 1 aromatic rings. The highest BCUT2D eigenvalue weighted by atomic mass is 35.5. The molecule has 2 N–H and O–H groups in total. The number of hydrogen-bond donors (Lipinski definition) is 1. The standard InChI is InChI=1S/C11H12ClNO/c1-8-5-6-9(10(12)7-8)3-2-4-11(13)14/h2-3,5-7H,4H2,1H3,(H2,13,14). The van der Waals surface area contributed by atoms with Crippen LogP contribution >= 0.6 is 11.6 Å². The summed E-state index contributed by atoms with van der Waals surface area (Å²) in [6.07, 6.45) is 3.75. The number of nitrogens with two attached hydrogens (primary N) is 1. The zero-order valence-electron chi connectivity index (χ0n) is 7.96. The monoisotopic (exact) mass is 209 g/mol. The van der Waals surface area contributed by atoms with Crippen molar-refractivity contribution in [2.45, 2.75) is 13.3 Å². The molecule has 0 aliphatic rings. The second-order valence-electron chi connectivity index (χ2n) is 3.10. The number of carbonyl (C=O) groups excluding carboxylic acids is 1. The minimum absolute atomic E-state index is 0.240. The summed E-state index contributed by atoms with van der Waals surface area (Å²) in [4.78, 5) is 10.5. The van der Waals surface area contributed by atoms with Crippen molar-refractivity contribution in [1.82, 2.24) is 0 Å². The maximum Gasteiger partial charge on any atom is 0.221 e. The normalized spacial score (nSPS) is 10.7. The van der Waals surface area contributed by atoms with E-state index in [1.807, 2.05) is 25.1 Å². The summed E-state index contributed by atoms with van der Waals surface area (Å²) in [7, 11) is 0. The molecule has 74 valence electrons. The molecule has 0 saturated carbocycles. The van der Waals surface area contributed by atoms with Crippen LogP contribution < -0.4 is 5.73 Å². The quantitative estimate of drug-likeness (QED) is 0.817. The Hall–Kier alpha value is -1.28. The van der Waals surface area contributed by atoms with Crippen molar-refractivity contribution in [3.63, 3.8) is 0 Å². The van der Waals surface area contributed by atoms with Crippen LogP contribution in [0.1, 0.15) is 17.5 Å². The molecule has 0 unspecified atom stereocenters. The molecule has 1 rings (SSSR count). The van der Waals surface area contributed by atoms with Crippen molar-refractivity contribution in [2.24, 2.45) is 5.73 Å². The van der Waals surface area contributed by atoms with Gasteiger partial charge >= 0.3 is 0 Å². The summed E-state index contributed by atoms with van der Waals surface area (Å²) in [5.41, 5.74) is 7.01. The van der Waals surface area contributed by atoms with E-state index in [4.69, 9.17) is 17.3 Å². The summed E-state index contributed by atoms with van der Waals surface area (Å²) in [6, 6.07) is 5.76. The van der Waals surface area contributed by atoms with Crippen LogP contribution in [-0.4, -0.2) is 5.91 Å². The van der Waals surface area contributed by atoms with Gasteiger partial charge < -0.3 is 5.73 Å². The molecule has 0 aliphatic carbocycles. The maximum absolute atomic E-state index is 10.5. The topological polar surface area (TPSA) is 43.1 Å². The molecule has 1 aromatic carbocycles. The Kier molecular flexibility index (Phi) is 3.72. The van der Waals surface area contributed by atoms with Crippen LogP contribution in [0.25, 0.3) is 6.08 Å². The second kappa shape index (κ2) is 4.82. The minimum Gasteiger partial charge on any atom is -0.369 e. The third-order valence-electron chi connectivity index (χ3n) is 1.77. The molecular weight excluding hydrogens is 198 g/mol. The van der Waals surface area contributed by atoms with Gasteiger partial charge in [0.25, 0.3) is 0 Å². The predicted octanol–water partition coefficient (Wildman–Crippen LogP) is 2.54. The lowest BCUT2D eigenvalue weighted by Gasteiger charge is -1.98. The zero-order valence-corrected chi connectivity index (χ0v) is 8.71. The number of carbonyl (C=O) groups is 1. The van der Waals surface area contributed by atoms with Crippen LogP contribution in [0.4, 0.5) is 0 Å². The molecule has 0 radical (unpaired) electrons. The molecule has 3 heteroatoms. The van der Waals surface area contributed by atoms with Crippen LogP contribution in [0.3, 0.4) is 0 Å². The lowest BCUT2D eigenvalue weighted by Crippen LogP contribution is -2.07. The number of hydrogen-bond acceptors (Lipinski definition) is 1. The Balaban J connectivity index is 2.76. The van der Waals surface area contributed by atoms with Gasteiger partial charge in [-0.15, -0.1) is 0 Å². The summed E-state index contributed by atoms with van der Waals surface area (Å²) < 4.78 is 0. The molecule has 14 heavy (non-hydrogen) atoms. The Morgan fingerprint density at radius 2 is 2.29 bits per heavy atom. The number of benzene rings is 1. The van der Waals surface area contributed by atoms with Gasteiger partial charge in [-0.05, 0) is 24.1 Å². The Bertz CT molecular complexity index is 372. The van der Waals surface area contributed by atoms with Gasteiger partial charge in [-0.3, -0.25) is 4.79 Å². The number of rotatable bonds is 3. The summed E-state index contributed by atoms with van der Waals surface area (Å²) in [5.74, 6) is -0.343. The van der Waals surface area contributed by atoms with Crippen LogP contribution in [0, 0.1) is 6.92 Å². The third kappa shape index (κ3) is 3.23. The highest BCUT2D eigenvalue weighted by Crippen LogP contribution is 2.18. The molecule has 0 fully saturated rings. The number of amides is 1. The lowest BCUT2D eigenvalue weighted by molar-refractivity contribution is -0.117. The molecular formula is C11H12ClNO. The minimum atomic E-state index is -0.343. The fraction of sp³-hybridized carbons (Fsp3) is 0.182. The summed E-state index contributed by atoms with van der Waals surface area (Å²) in [5, 5.41) is 0.686. The molecule has 0 heterocycles. The van der Waals surface area contributed by atoms with E-state index in [0.29, 0.717) is 5.02 Å². The Labute approximate surface area is 88.4 Å². The van der Waals surface area contributed by atoms with Crippen molar-refractivity contribution in [3.05, 3.63) is 40.4 Å². The van der Waals surface area contributed by atoms with Gasteiger partial charge in [-0.1, -0.05) is 35.9 Å². The predicted molar refractivity (Wildman–Crippen MR) is 59.0 cm³/mol. The largest absolute Gasteiger partial charge is 0.369 e. The van der Waals surface area contributed by atoms with E-state index in [9.17, 15) is 4.79 Å². The van der Waals surface area contributed by atoms with Crippen LogP contribution in [0.15, 0.2) is 24.3 Å². The molecule has 1 amide bonds. The van der Waals surface area contributed by atoms with Gasteiger partial charge in [0.05, 0.1) is 0 Å². The van der Waals surface area contributed by atoms with E-state index in [2.05, 4.69) is 0 Å². The fourth-order valence-corrected chi connectivity index (χ4v) is 1.37. The summed E-state index contributed by atoms with van der Waals surface area (Å²) >= 11 is 5.98. The molecule has 0 aromatic heterocycles. The van der Waals surface area contributed by atoms with Gasteiger partial charge in [-0.25, -0.2) is 0 Å². The average Bonchev–Trinajstić information content (AvgIpc) is 2.08. The van der Waals surface area contributed by atoms with Crippen LogP contribution in [-0.2, 0) is 4.79 Å². The highest BCUT2D eigenvalue weighted by Gasteiger charge is 1.96. The van der Waals surface area contributed by atoms with E-state index in [-0.39, 0.29) is 12.3 Å². The van der Waals surface area contributed by atoms with Gasteiger partial charge in [0.1, 0.15) is 0 Å². The van der Waals surface area contributed by atoms with Crippen molar-refractivity contribution in [2.75, 3.05) is 0 Å². The van der Waals surface area contributed by atoms with Gasteiger partial charge in [0, 0.05) is 11.4 Å². The number of aryl methyl sites for hydroxylation is 1. The van der Waals surface area contributed by atoms with Crippen LogP contribution in [0.2, 0.25) is 5.02 Å². The highest BCUT2D eigenvalue weighted by molar-refractivity contribution is 6.32. The van der Waals surface area contributed by atoms with Gasteiger partial charge in [-0.2, -0.15) is 0 Å². The van der Waals surface area contributed by atoms with Gasteiger partial charge in [0.2, 0.25) is 5.91 Å². The van der Waals surface area contributed by atoms with Crippen molar-refractivity contribution < 1.29 is 4.79 Å². The lowest BCUT2D eigenvalue weighted by atomic mass is 10.1. The second-order valence-corrected chi connectivity index (χ2v) is 3.50. The fourth-order valence-electron chi connectivity index (χ4n) is 1.07. The third-order valence-corrected chi connectivity index (χ3v) is 2.10. The average molecular weight is 210 g/mol. The van der Waals surface area contributed by atoms with Gasteiger partial charge in [0.15, 0.2) is 0 Å². The first-order valence-corrected chi connectivity index (χ1v) is 4.68. The zero-order chi connectivity index (χ0) is 10.6. The van der Waals surface area contributed by atoms with Crippen molar-refractivity contribution >= 4 is 23.6 Å². The van der Waals surface area contributed by atoms with Crippen LogP contribution in [0.5, 0.6) is 0 Å². The molecule has 0 spiro atoms. The first kappa shape index (κ1) is 10.8. The molecule has 0 bridgehead atoms. The summed E-state index contributed by atoms with van der Waals surface area (Å²) in [6.45, 7) is 1.97. The molecule has 0 aliphatic heterocycles. The van der Waals surface area contributed by atoms with E-state index in [1.165, 1.54) is 0 Å².